The minimum atomic E-state index is 0.326. The van der Waals surface area contributed by atoms with Gasteiger partial charge < -0.3 is 10.5 Å². The summed E-state index contributed by atoms with van der Waals surface area (Å²) >= 11 is 0. The van der Waals surface area contributed by atoms with Gasteiger partial charge in [-0.25, -0.2) is 0 Å². The van der Waals surface area contributed by atoms with Gasteiger partial charge in [0.25, 0.3) is 0 Å². The topological polar surface area (TPSA) is 38.5 Å². The van der Waals surface area contributed by atoms with Crippen LogP contribution in [0.15, 0.2) is 24.3 Å². The standard InChI is InChI=1S/C17H28N2O/c1-14-6-5-10-19(11-9-14)17(12-18)16-8-4-3-7-15(16)13-20-2/h3-4,7-8,14,17H,5-6,9-13,18H2,1-2H3. The van der Waals surface area contributed by atoms with E-state index < -0.39 is 0 Å². The van der Waals surface area contributed by atoms with Crippen molar-refractivity contribution in [3.8, 4) is 0 Å². The molecule has 1 aliphatic heterocycles. The van der Waals surface area contributed by atoms with E-state index in [9.17, 15) is 0 Å². The van der Waals surface area contributed by atoms with Gasteiger partial charge in [0.05, 0.1) is 6.61 Å². The molecular weight excluding hydrogens is 248 g/mol. The lowest BCUT2D eigenvalue weighted by atomic mass is 9.99. The summed E-state index contributed by atoms with van der Waals surface area (Å²) in [7, 11) is 1.75. The average Bonchev–Trinajstić information content (AvgIpc) is 2.67. The number of methoxy groups -OCH3 is 1. The Hall–Kier alpha value is -0.900. The summed E-state index contributed by atoms with van der Waals surface area (Å²) in [5.74, 6) is 0.840. The van der Waals surface area contributed by atoms with Gasteiger partial charge in [0.2, 0.25) is 0 Å². The first-order valence-electron chi connectivity index (χ1n) is 7.77. The predicted molar refractivity (Wildman–Crippen MR) is 83.5 cm³/mol. The molecule has 2 unspecified atom stereocenters. The van der Waals surface area contributed by atoms with Crippen molar-refractivity contribution in [1.29, 1.82) is 0 Å². The van der Waals surface area contributed by atoms with Gasteiger partial charge in [0.1, 0.15) is 0 Å². The average molecular weight is 276 g/mol. The lowest BCUT2D eigenvalue weighted by Gasteiger charge is -2.31. The second kappa shape index (κ2) is 7.77. The van der Waals surface area contributed by atoms with Gasteiger partial charge >= 0.3 is 0 Å². The highest BCUT2D eigenvalue weighted by Crippen LogP contribution is 2.27. The van der Waals surface area contributed by atoms with Crippen LogP contribution in [0.3, 0.4) is 0 Å². The van der Waals surface area contributed by atoms with E-state index in [1.807, 2.05) is 0 Å². The smallest absolute Gasteiger partial charge is 0.0716 e. The lowest BCUT2D eigenvalue weighted by Crippen LogP contribution is -2.35. The SMILES string of the molecule is COCc1ccccc1C(CN)N1CCCC(C)CC1. The molecule has 1 saturated heterocycles. The first kappa shape index (κ1) is 15.5. The molecule has 1 heterocycles. The van der Waals surface area contributed by atoms with Crippen molar-refractivity contribution in [2.45, 2.75) is 38.8 Å². The van der Waals surface area contributed by atoms with Crippen molar-refractivity contribution >= 4 is 0 Å². The van der Waals surface area contributed by atoms with Crippen LogP contribution < -0.4 is 5.73 Å². The summed E-state index contributed by atoms with van der Waals surface area (Å²) in [5.41, 5.74) is 8.71. The van der Waals surface area contributed by atoms with Crippen molar-refractivity contribution in [3.63, 3.8) is 0 Å². The fourth-order valence-electron chi connectivity index (χ4n) is 3.22. The Kier molecular flexibility index (Phi) is 6.02. The van der Waals surface area contributed by atoms with Crippen LogP contribution >= 0.6 is 0 Å². The van der Waals surface area contributed by atoms with E-state index in [4.69, 9.17) is 10.5 Å². The number of ether oxygens (including phenoxy) is 1. The molecule has 1 aliphatic rings. The maximum Gasteiger partial charge on any atom is 0.0716 e. The van der Waals surface area contributed by atoms with E-state index in [-0.39, 0.29) is 0 Å². The Labute approximate surface area is 123 Å². The van der Waals surface area contributed by atoms with E-state index in [0.29, 0.717) is 19.2 Å². The highest BCUT2D eigenvalue weighted by atomic mass is 16.5. The molecule has 0 radical (unpaired) electrons. The predicted octanol–water partition coefficient (Wildman–Crippen LogP) is 2.95. The molecule has 0 amide bonds. The quantitative estimate of drug-likeness (QED) is 0.898. The number of nitrogens with two attached hydrogens (primary N) is 1. The molecule has 112 valence electrons. The first-order valence-corrected chi connectivity index (χ1v) is 7.77. The number of nitrogens with zero attached hydrogens (tertiary/aromatic N) is 1. The molecule has 2 atom stereocenters. The minimum Gasteiger partial charge on any atom is -0.380 e. The summed E-state index contributed by atoms with van der Waals surface area (Å²) in [4.78, 5) is 2.57. The van der Waals surface area contributed by atoms with Gasteiger partial charge in [-0.1, -0.05) is 31.2 Å². The third-order valence-electron chi connectivity index (χ3n) is 4.43. The Morgan fingerprint density at radius 3 is 2.85 bits per heavy atom. The molecule has 1 fully saturated rings. The zero-order chi connectivity index (χ0) is 14.4. The van der Waals surface area contributed by atoms with Crippen molar-refractivity contribution in [2.24, 2.45) is 11.7 Å². The Morgan fingerprint density at radius 1 is 1.30 bits per heavy atom. The molecule has 3 nitrogen and oxygen atoms in total. The molecule has 20 heavy (non-hydrogen) atoms. The summed E-state index contributed by atoms with van der Waals surface area (Å²) in [5, 5.41) is 0. The molecule has 0 saturated carbocycles. The molecule has 0 spiro atoms. The number of hydrogen-bond acceptors (Lipinski definition) is 3. The Bertz CT molecular complexity index is 408. The third kappa shape index (κ3) is 3.81. The maximum absolute atomic E-state index is 6.10. The minimum absolute atomic E-state index is 0.326. The zero-order valence-electron chi connectivity index (χ0n) is 12.8. The molecule has 2 rings (SSSR count). The van der Waals surface area contributed by atoms with E-state index in [1.54, 1.807) is 7.11 Å². The number of likely N-dealkylation sites (tertiary alicyclic amines) is 1. The van der Waals surface area contributed by atoms with Crippen molar-refractivity contribution in [2.75, 3.05) is 26.7 Å². The van der Waals surface area contributed by atoms with Gasteiger partial charge in [-0.05, 0) is 49.4 Å². The van der Waals surface area contributed by atoms with Crippen molar-refractivity contribution in [1.82, 2.24) is 4.90 Å². The van der Waals surface area contributed by atoms with Gasteiger partial charge in [0, 0.05) is 19.7 Å². The fraction of sp³-hybridized carbons (Fsp3) is 0.647. The van der Waals surface area contributed by atoms with Gasteiger partial charge in [-0.15, -0.1) is 0 Å². The third-order valence-corrected chi connectivity index (χ3v) is 4.43. The molecule has 0 aliphatic carbocycles. The largest absolute Gasteiger partial charge is 0.380 e. The molecule has 3 heteroatoms. The molecule has 0 aromatic heterocycles. The van der Waals surface area contributed by atoms with Crippen LogP contribution in [0.5, 0.6) is 0 Å². The van der Waals surface area contributed by atoms with Crippen LogP contribution in [0.1, 0.15) is 43.4 Å². The van der Waals surface area contributed by atoms with Crippen LogP contribution in [-0.2, 0) is 11.3 Å². The highest BCUT2D eigenvalue weighted by Gasteiger charge is 2.23. The van der Waals surface area contributed by atoms with E-state index in [1.165, 1.54) is 30.4 Å². The number of benzene rings is 1. The van der Waals surface area contributed by atoms with Crippen LogP contribution in [-0.4, -0.2) is 31.6 Å². The second-order valence-electron chi connectivity index (χ2n) is 5.96. The molecule has 2 N–H and O–H groups in total. The molecule has 1 aromatic rings. The number of rotatable bonds is 5. The van der Waals surface area contributed by atoms with Gasteiger partial charge in [0.15, 0.2) is 0 Å². The van der Waals surface area contributed by atoms with E-state index in [2.05, 4.69) is 36.1 Å². The summed E-state index contributed by atoms with van der Waals surface area (Å²) in [6.07, 6.45) is 3.90. The molecular formula is C17H28N2O. The number of hydrogen-bond donors (Lipinski definition) is 1. The zero-order valence-corrected chi connectivity index (χ0v) is 12.8. The van der Waals surface area contributed by atoms with E-state index in [0.717, 1.165) is 19.0 Å². The van der Waals surface area contributed by atoms with Crippen LogP contribution in [0.2, 0.25) is 0 Å². The summed E-state index contributed by atoms with van der Waals surface area (Å²) < 4.78 is 5.33. The molecule has 0 bridgehead atoms. The molecule has 1 aromatic carbocycles. The first-order chi connectivity index (χ1) is 9.76. The summed E-state index contributed by atoms with van der Waals surface area (Å²) in [6, 6.07) is 8.88. The fourth-order valence-corrected chi connectivity index (χ4v) is 3.22. The van der Waals surface area contributed by atoms with Crippen LogP contribution in [0, 0.1) is 5.92 Å². The normalized spacial score (nSPS) is 22.4. The van der Waals surface area contributed by atoms with Crippen LogP contribution in [0.25, 0.3) is 0 Å². The highest BCUT2D eigenvalue weighted by molar-refractivity contribution is 5.30. The van der Waals surface area contributed by atoms with Crippen molar-refractivity contribution in [3.05, 3.63) is 35.4 Å². The monoisotopic (exact) mass is 276 g/mol. The Morgan fingerprint density at radius 2 is 2.10 bits per heavy atom. The van der Waals surface area contributed by atoms with Crippen molar-refractivity contribution < 1.29 is 4.74 Å². The summed E-state index contributed by atoms with van der Waals surface area (Å²) in [6.45, 7) is 6.02. The van der Waals surface area contributed by atoms with Gasteiger partial charge in [-0.3, -0.25) is 4.90 Å². The second-order valence-corrected chi connectivity index (χ2v) is 5.96. The van der Waals surface area contributed by atoms with Crippen LogP contribution in [0.4, 0.5) is 0 Å². The Balaban J connectivity index is 2.18. The van der Waals surface area contributed by atoms with E-state index >= 15 is 0 Å². The lowest BCUT2D eigenvalue weighted by molar-refractivity contribution is 0.175. The maximum atomic E-state index is 6.10. The van der Waals surface area contributed by atoms with Gasteiger partial charge in [-0.2, -0.15) is 0 Å².